The number of rotatable bonds is 4. The first-order valence-corrected chi connectivity index (χ1v) is 5.78. The van der Waals surface area contributed by atoms with Gasteiger partial charge in [0, 0.05) is 18.9 Å². The van der Waals surface area contributed by atoms with Crippen molar-refractivity contribution in [1.29, 1.82) is 0 Å². The minimum atomic E-state index is -0.386. The highest BCUT2D eigenvalue weighted by molar-refractivity contribution is 5.51. The summed E-state index contributed by atoms with van der Waals surface area (Å²) in [6, 6.07) is 0. The fourth-order valence-electron chi connectivity index (χ4n) is 1.98. The molecule has 0 spiro atoms. The number of hydrogen-bond acceptors (Lipinski definition) is 4. The summed E-state index contributed by atoms with van der Waals surface area (Å²) in [6.45, 7) is 6.11. The van der Waals surface area contributed by atoms with Crippen LogP contribution in [-0.4, -0.2) is 24.3 Å². The molecule has 7 nitrogen and oxygen atoms in total. The second-order valence-corrected chi connectivity index (χ2v) is 4.08. The van der Waals surface area contributed by atoms with Crippen LogP contribution in [-0.2, 0) is 6.54 Å². The zero-order valence-corrected chi connectivity index (χ0v) is 10.6. The van der Waals surface area contributed by atoms with Gasteiger partial charge in [-0.25, -0.2) is 9.67 Å². The average Bonchev–Trinajstić information content (AvgIpc) is 2.82. The van der Waals surface area contributed by atoms with Crippen LogP contribution in [0.3, 0.4) is 0 Å². The van der Waals surface area contributed by atoms with Crippen LogP contribution in [0.2, 0.25) is 0 Å². The molecule has 0 bridgehead atoms. The lowest BCUT2D eigenvalue weighted by Crippen LogP contribution is -2.09. The number of aromatic nitrogens is 4. The summed E-state index contributed by atoms with van der Waals surface area (Å²) < 4.78 is 3.37. The summed E-state index contributed by atoms with van der Waals surface area (Å²) in [7, 11) is 0. The molecule has 0 aliphatic carbocycles. The van der Waals surface area contributed by atoms with E-state index in [0.29, 0.717) is 23.9 Å². The van der Waals surface area contributed by atoms with Crippen LogP contribution >= 0.6 is 0 Å². The summed E-state index contributed by atoms with van der Waals surface area (Å²) in [6.07, 6.45) is 4.20. The van der Waals surface area contributed by atoms with E-state index in [1.54, 1.807) is 28.6 Å². The van der Waals surface area contributed by atoms with Gasteiger partial charge in [-0.15, -0.1) is 0 Å². The van der Waals surface area contributed by atoms with E-state index in [1.807, 2.05) is 13.8 Å². The fraction of sp³-hybridized carbons (Fsp3) is 0.455. The number of nitro groups is 1. The van der Waals surface area contributed by atoms with Crippen LogP contribution in [0.15, 0.2) is 12.4 Å². The minimum absolute atomic E-state index is 0.0459. The molecule has 18 heavy (non-hydrogen) atoms. The van der Waals surface area contributed by atoms with E-state index in [0.717, 1.165) is 6.42 Å². The molecular weight excluding hydrogens is 234 g/mol. The van der Waals surface area contributed by atoms with Crippen molar-refractivity contribution in [3.63, 3.8) is 0 Å². The summed E-state index contributed by atoms with van der Waals surface area (Å²) in [4.78, 5) is 14.9. The fourth-order valence-corrected chi connectivity index (χ4v) is 1.98. The van der Waals surface area contributed by atoms with E-state index >= 15 is 0 Å². The molecule has 0 unspecified atom stereocenters. The molecule has 2 aromatic heterocycles. The highest BCUT2D eigenvalue weighted by Gasteiger charge is 2.27. The highest BCUT2D eigenvalue weighted by atomic mass is 16.6. The second kappa shape index (κ2) is 4.59. The molecule has 0 aromatic carbocycles. The molecule has 0 N–H and O–H groups in total. The predicted octanol–water partition coefficient (Wildman–Crippen LogP) is 2.00. The van der Waals surface area contributed by atoms with E-state index in [9.17, 15) is 10.1 Å². The van der Waals surface area contributed by atoms with Gasteiger partial charge in [0.15, 0.2) is 0 Å². The maximum atomic E-state index is 11.2. The number of imidazole rings is 1. The first-order valence-electron chi connectivity index (χ1n) is 5.78. The van der Waals surface area contributed by atoms with Gasteiger partial charge in [-0.1, -0.05) is 6.92 Å². The van der Waals surface area contributed by atoms with E-state index in [4.69, 9.17) is 0 Å². The zero-order valence-electron chi connectivity index (χ0n) is 10.6. The van der Waals surface area contributed by atoms with Gasteiger partial charge in [0.05, 0.1) is 4.92 Å². The van der Waals surface area contributed by atoms with Gasteiger partial charge >= 0.3 is 5.69 Å². The van der Waals surface area contributed by atoms with Crippen LogP contribution in [0.1, 0.15) is 24.9 Å². The molecule has 0 aliphatic heterocycles. The van der Waals surface area contributed by atoms with Gasteiger partial charge in [-0.3, -0.25) is 14.7 Å². The summed E-state index contributed by atoms with van der Waals surface area (Å²) in [5, 5.41) is 15.4. The van der Waals surface area contributed by atoms with Gasteiger partial charge in [0.25, 0.3) is 0 Å². The number of nitrogens with zero attached hydrogens (tertiary/aromatic N) is 5. The molecular formula is C11H15N5O2. The van der Waals surface area contributed by atoms with Crippen LogP contribution < -0.4 is 0 Å². The molecule has 7 heteroatoms. The standard InChI is InChI=1S/C11H15N5O2/c1-4-6-15-11(14-7-5-12-9(14)3)10(16(17)18)8(2)13-15/h5,7H,4,6H2,1-3H3. The highest BCUT2D eigenvalue weighted by Crippen LogP contribution is 2.27. The topological polar surface area (TPSA) is 78.8 Å². The SMILES string of the molecule is CCCn1nc(C)c([N+](=O)[O-])c1-n1ccnc1C. The Balaban J connectivity index is 2.69. The van der Waals surface area contributed by atoms with Crippen molar-refractivity contribution in [2.24, 2.45) is 0 Å². The molecule has 0 saturated carbocycles. The van der Waals surface area contributed by atoms with Crippen molar-refractivity contribution >= 4 is 5.69 Å². The monoisotopic (exact) mass is 249 g/mol. The van der Waals surface area contributed by atoms with Crippen molar-refractivity contribution in [3.05, 3.63) is 34.0 Å². The second-order valence-electron chi connectivity index (χ2n) is 4.08. The Labute approximate surface area is 104 Å². The third kappa shape index (κ3) is 1.87. The molecule has 0 amide bonds. The maximum absolute atomic E-state index is 11.2. The maximum Gasteiger partial charge on any atom is 0.334 e. The van der Waals surface area contributed by atoms with Gasteiger partial charge in [0.1, 0.15) is 11.5 Å². The Morgan fingerprint density at radius 2 is 2.17 bits per heavy atom. The van der Waals surface area contributed by atoms with Crippen molar-refractivity contribution in [2.45, 2.75) is 33.7 Å². The largest absolute Gasteiger partial charge is 0.334 e. The third-order valence-electron chi connectivity index (χ3n) is 2.74. The summed E-state index contributed by atoms with van der Waals surface area (Å²) in [5.41, 5.74) is 0.473. The van der Waals surface area contributed by atoms with Gasteiger partial charge in [-0.2, -0.15) is 5.10 Å². The van der Waals surface area contributed by atoms with Crippen LogP contribution in [0.4, 0.5) is 5.69 Å². The Hall–Kier alpha value is -2.18. The summed E-state index contributed by atoms with van der Waals surface area (Å²) >= 11 is 0. The van der Waals surface area contributed by atoms with E-state index in [1.165, 1.54) is 0 Å². The quantitative estimate of drug-likeness (QED) is 0.613. The van der Waals surface area contributed by atoms with E-state index in [2.05, 4.69) is 10.1 Å². The normalized spacial score (nSPS) is 10.8. The number of hydrogen-bond donors (Lipinski definition) is 0. The Morgan fingerprint density at radius 3 is 2.67 bits per heavy atom. The first-order chi connectivity index (χ1) is 8.56. The molecule has 0 saturated heterocycles. The predicted molar refractivity (Wildman–Crippen MR) is 65.8 cm³/mol. The van der Waals surface area contributed by atoms with Crippen LogP contribution in [0.25, 0.3) is 5.82 Å². The summed E-state index contributed by atoms with van der Waals surface area (Å²) in [5.74, 6) is 1.18. The van der Waals surface area contributed by atoms with Crippen LogP contribution in [0.5, 0.6) is 0 Å². The third-order valence-corrected chi connectivity index (χ3v) is 2.74. The van der Waals surface area contributed by atoms with E-state index < -0.39 is 0 Å². The molecule has 2 heterocycles. The first kappa shape index (κ1) is 12.3. The van der Waals surface area contributed by atoms with Crippen molar-refractivity contribution in [2.75, 3.05) is 0 Å². The molecule has 2 aromatic rings. The molecule has 2 rings (SSSR count). The smallest absolute Gasteiger partial charge is 0.283 e. The van der Waals surface area contributed by atoms with Gasteiger partial charge < -0.3 is 0 Å². The molecule has 96 valence electrons. The van der Waals surface area contributed by atoms with Crippen molar-refractivity contribution in [3.8, 4) is 5.82 Å². The zero-order chi connectivity index (χ0) is 13.3. The van der Waals surface area contributed by atoms with E-state index in [-0.39, 0.29) is 10.6 Å². The van der Waals surface area contributed by atoms with Gasteiger partial charge in [0.2, 0.25) is 5.82 Å². The molecule has 0 fully saturated rings. The number of aryl methyl sites for hydroxylation is 3. The van der Waals surface area contributed by atoms with Gasteiger partial charge in [-0.05, 0) is 20.3 Å². The Morgan fingerprint density at radius 1 is 1.44 bits per heavy atom. The van der Waals surface area contributed by atoms with Crippen molar-refractivity contribution < 1.29 is 4.92 Å². The van der Waals surface area contributed by atoms with Crippen LogP contribution in [0, 0.1) is 24.0 Å². The van der Waals surface area contributed by atoms with Crippen molar-refractivity contribution in [1.82, 2.24) is 19.3 Å². The lowest BCUT2D eigenvalue weighted by molar-refractivity contribution is -0.385. The minimum Gasteiger partial charge on any atom is -0.283 e. The lowest BCUT2D eigenvalue weighted by Gasteiger charge is -2.07. The molecule has 0 aliphatic rings. The lowest BCUT2D eigenvalue weighted by atomic mass is 10.3. The molecule has 0 radical (unpaired) electrons. The Kier molecular flexibility index (Phi) is 3.14. The average molecular weight is 249 g/mol. The molecule has 0 atom stereocenters. The Bertz CT molecular complexity index is 584.